The van der Waals surface area contributed by atoms with Crippen LogP contribution in [0.2, 0.25) is 0 Å². The fourth-order valence-electron chi connectivity index (χ4n) is 7.85. The summed E-state index contributed by atoms with van der Waals surface area (Å²) in [6, 6.07) is 38.8. The molecular formula is C50H36N2O2. The molecule has 0 saturated heterocycles. The van der Waals surface area contributed by atoms with Gasteiger partial charge in [-0.15, -0.1) is 0 Å². The summed E-state index contributed by atoms with van der Waals surface area (Å²) in [5.41, 5.74) is 11.8. The Bertz CT molecular complexity index is 2710. The Balaban J connectivity index is 1.16. The molecular weight excluding hydrogens is 661 g/mol. The number of fused-ring (bicyclic) bond motifs is 4. The van der Waals surface area contributed by atoms with Crippen molar-refractivity contribution in [2.45, 2.75) is 13.8 Å². The molecule has 0 spiro atoms. The van der Waals surface area contributed by atoms with Gasteiger partial charge in [-0.05, 0) is 81.9 Å². The second kappa shape index (κ2) is 13.5. The lowest BCUT2D eigenvalue weighted by Gasteiger charge is -2.18. The predicted molar refractivity (Wildman–Crippen MR) is 228 cm³/mol. The van der Waals surface area contributed by atoms with Gasteiger partial charge in [-0.25, -0.2) is 0 Å². The van der Waals surface area contributed by atoms with E-state index in [1.807, 2.05) is 50.5 Å². The molecule has 0 aliphatic carbocycles. The largest absolute Gasteiger partial charge is 0.454 e. The van der Waals surface area contributed by atoms with Crippen LogP contribution < -0.4 is 0 Å². The van der Waals surface area contributed by atoms with Crippen molar-refractivity contribution in [2.24, 2.45) is 0 Å². The van der Waals surface area contributed by atoms with Crippen LogP contribution in [0.5, 0.6) is 0 Å². The van der Waals surface area contributed by atoms with Crippen LogP contribution in [0.25, 0.3) is 113 Å². The molecule has 4 heterocycles. The molecule has 5 aromatic carbocycles. The van der Waals surface area contributed by atoms with Gasteiger partial charge in [0.05, 0.1) is 0 Å². The fourth-order valence-corrected chi connectivity index (χ4v) is 7.85. The van der Waals surface area contributed by atoms with Gasteiger partial charge >= 0.3 is 0 Å². The highest BCUT2D eigenvalue weighted by Gasteiger charge is 2.20. The van der Waals surface area contributed by atoms with Crippen molar-refractivity contribution in [3.05, 3.63) is 170 Å². The fraction of sp³-hybridized carbons (Fsp3) is 0.0400. The Kier molecular flexibility index (Phi) is 8.21. The zero-order valence-electron chi connectivity index (χ0n) is 30.1. The third-order valence-electron chi connectivity index (χ3n) is 10.2. The number of hydrogen-bond acceptors (Lipinski definition) is 4. The second-order valence-corrected chi connectivity index (χ2v) is 13.2. The Morgan fingerprint density at radius 1 is 0.444 bits per heavy atom. The molecule has 9 rings (SSSR count). The zero-order valence-corrected chi connectivity index (χ0v) is 30.1. The van der Waals surface area contributed by atoms with Crippen LogP contribution >= 0.6 is 0 Å². The number of rotatable bonds is 8. The van der Waals surface area contributed by atoms with Gasteiger partial charge in [0.15, 0.2) is 11.2 Å². The first-order chi connectivity index (χ1) is 26.6. The van der Waals surface area contributed by atoms with Gasteiger partial charge in [0.25, 0.3) is 0 Å². The lowest BCUT2D eigenvalue weighted by atomic mass is 9.85. The van der Waals surface area contributed by atoms with E-state index in [4.69, 9.17) is 18.8 Å². The maximum Gasteiger partial charge on any atom is 0.161 e. The number of allylic oxidation sites excluding steroid dienone is 2. The van der Waals surface area contributed by atoms with Crippen molar-refractivity contribution in [1.29, 1.82) is 0 Å². The van der Waals surface area contributed by atoms with Crippen molar-refractivity contribution in [3.63, 3.8) is 0 Å². The summed E-state index contributed by atoms with van der Waals surface area (Å²) in [6.45, 7) is 11.9. The highest BCUT2D eigenvalue weighted by Crippen LogP contribution is 2.45. The second-order valence-electron chi connectivity index (χ2n) is 13.2. The number of nitrogens with zero attached hydrogens (tertiary/aromatic N) is 2. The molecule has 0 amide bonds. The van der Waals surface area contributed by atoms with E-state index in [0.29, 0.717) is 0 Å². The molecule has 4 heteroatoms. The first-order valence-corrected chi connectivity index (χ1v) is 18.1. The SMILES string of the molecule is C=Cc1oc2c(-c3ccc(-c4c5ccccc5c(-c5ccc(-c6nccc7c(C=CC)c(C=C)oc67)cc5)c5ccccc45)cc3)nccc2c1C=CC. The highest BCUT2D eigenvalue weighted by atomic mass is 16.3. The van der Waals surface area contributed by atoms with Crippen LogP contribution in [0.1, 0.15) is 36.5 Å². The molecule has 0 N–H and O–H groups in total. The van der Waals surface area contributed by atoms with Crippen LogP contribution in [0.3, 0.4) is 0 Å². The molecule has 0 bridgehead atoms. The van der Waals surface area contributed by atoms with Gasteiger partial charge in [-0.1, -0.05) is 135 Å². The number of benzene rings is 5. The number of pyridine rings is 2. The average Bonchev–Trinajstić information content (AvgIpc) is 3.78. The van der Waals surface area contributed by atoms with E-state index in [0.717, 1.165) is 78.2 Å². The molecule has 4 nitrogen and oxygen atoms in total. The van der Waals surface area contributed by atoms with Crippen LogP contribution in [-0.4, -0.2) is 9.97 Å². The molecule has 0 aliphatic heterocycles. The van der Waals surface area contributed by atoms with E-state index in [-0.39, 0.29) is 0 Å². The zero-order chi connectivity index (χ0) is 36.8. The first kappa shape index (κ1) is 32.8. The minimum atomic E-state index is 0.744. The number of hydrogen-bond donors (Lipinski definition) is 0. The van der Waals surface area contributed by atoms with Crippen molar-refractivity contribution in [2.75, 3.05) is 0 Å². The van der Waals surface area contributed by atoms with Gasteiger partial charge in [-0.3, -0.25) is 9.97 Å². The third kappa shape index (κ3) is 5.22. The average molecular weight is 697 g/mol. The number of aromatic nitrogens is 2. The lowest BCUT2D eigenvalue weighted by Crippen LogP contribution is -1.91. The Labute approximate surface area is 313 Å². The Morgan fingerprint density at radius 2 is 0.796 bits per heavy atom. The summed E-state index contributed by atoms with van der Waals surface area (Å²) < 4.78 is 12.6. The molecule has 0 radical (unpaired) electrons. The maximum absolute atomic E-state index is 6.30. The first-order valence-electron chi connectivity index (χ1n) is 18.1. The minimum absolute atomic E-state index is 0.744. The van der Waals surface area contributed by atoms with E-state index < -0.39 is 0 Å². The summed E-state index contributed by atoms with van der Waals surface area (Å²) in [6.07, 6.45) is 15.4. The van der Waals surface area contributed by atoms with E-state index in [1.54, 1.807) is 12.2 Å². The predicted octanol–water partition coefficient (Wildman–Crippen LogP) is 14.3. The van der Waals surface area contributed by atoms with E-state index in [1.165, 1.54) is 32.7 Å². The molecule has 0 fully saturated rings. The van der Waals surface area contributed by atoms with Crippen molar-refractivity contribution < 1.29 is 8.83 Å². The lowest BCUT2D eigenvalue weighted by molar-refractivity contribution is 0.603. The Hall–Kier alpha value is -7.04. The maximum atomic E-state index is 6.30. The van der Waals surface area contributed by atoms with Crippen molar-refractivity contribution in [1.82, 2.24) is 9.97 Å². The van der Waals surface area contributed by atoms with Crippen LogP contribution in [-0.2, 0) is 0 Å². The molecule has 9 aromatic rings. The van der Waals surface area contributed by atoms with E-state index in [2.05, 4.69) is 122 Å². The van der Waals surface area contributed by atoms with Gasteiger partial charge in [0.1, 0.15) is 22.9 Å². The van der Waals surface area contributed by atoms with E-state index in [9.17, 15) is 0 Å². The van der Waals surface area contributed by atoms with Crippen LogP contribution in [0, 0.1) is 0 Å². The van der Waals surface area contributed by atoms with E-state index >= 15 is 0 Å². The summed E-state index contributed by atoms with van der Waals surface area (Å²) in [5.74, 6) is 1.49. The van der Waals surface area contributed by atoms with Gasteiger partial charge < -0.3 is 8.83 Å². The molecule has 0 aliphatic rings. The molecule has 0 saturated carbocycles. The van der Waals surface area contributed by atoms with Gasteiger partial charge in [0.2, 0.25) is 0 Å². The molecule has 4 aromatic heterocycles. The quantitative estimate of drug-likeness (QED) is 0.148. The van der Waals surface area contributed by atoms with Gasteiger partial charge in [-0.2, -0.15) is 0 Å². The summed E-state index contributed by atoms with van der Waals surface area (Å²) in [7, 11) is 0. The van der Waals surface area contributed by atoms with Crippen LogP contribution in [0.15, 0.2) is 156 Å². The van der Waals surface area contributed by atoms with Crippen LogP contribution in [0.4, 0.5) is 0 Å². The van der Waals surface area contributed by atoms with Crippen molar-refractivity contribution in [3.8, 4) is 44.8 Å². The number of furan rings is 2. The summed E-state index contributed by atoms with van der Waals surface area (Å²) in [4.78, 5) is 9.52. The molecule has 258 valence electrons. The van der Waals surface area contributed by atoms with Gasteiger partial charge in [0, 0.05) is 45.4 Å². The third-order valence-corrected chi connectivity index (χ3v) is 10.2. The molecule has 0 atom stereocenters. The molecule has 0 unspecified atom stereocenters. The summed E-state index contributed by atoms with van der Waals surface area (Å²) in [5, 5.41) is 6.81. The normalized spacial score (nSPS) is 11.9. The highest BCUT2D eigenvalue weighted by molar-refractivity contribution is 6.21. The Morgan fingerprint density at radius 3 is 1.13 bits per heavy atom. The monoisotopic (exact) mass is 696 g/mol. The molecule has 54 heavy (non-hydrogen) atoms. The summed E-state index contributed by atoms with van der Waals surface area (Å²) >= 11 is 0. The standard InChI is InChI=1S/C50H36N2O2/c1-5-13-35-41-27-29-51-47(49(41)53-43(35)7-3)33-23-19-31(20-24-33)45-37-15-9-11-17-39(37)46(40-18-12-10-16-38(40)45)32-21-25-34(26-22-32)48-50-42(28-30-52-48)36(14-6-2)44(8-4)54-50/h5-30H,3-4H2,1-2H3. The topological polar surface area (TPSA) is 52.1 Å². The smallest absolute Gasteiger partial charge is 0.161 e. The van der Waals surface area contributed by atoms with Crippen molar-refractivity contribution >= 4 is 67.8 Å². The minimum Gasteiger partial charge on any atom is -0.454 e.